The van der Waals surface area contributed by atoms with Crippen LogP contribution >= 0.6 is 0 Å². The molecule has 0 saturated carbocycles. The monoisotopic (exact) mass is 283 g/mol. The van der Waals surface area contributed by atoms with E-state index in [9.17, 15) is 0 Å². The van der Waals surface area contributed by atoms with E-state index in [1.807, 2.05) is 12.1 Å². The van der Waals surface area contributed by atoms with Gasteiger partial charge in [-0.15, -0.1) is 0 Å². The van der Waals surface area contributed by atoms with Gasteiger partial charge in [0.2, 0.25) is 6.79 Å². The van der Waals surface area contributed by atoms with E-state index >= 15 is 0 Å². The number of hydrogen-bond acceptors (Lipinski definition) is 3. The lowest BCUT2D eigenvalue weighted by Crippen LogP contribution is -2.26. The fraction of sp³-hybridized carbons (Fsp3) is 0.333. The minimum absolute atomic E-state index is 0.329. The Kier molecular flexibility index (Phi) is 4.41. The van der Waals surface area contributed by atoms with Gasteiger partial charge >= 0.3 is 0 Å². The van der Waals surface area contributed by atoms with E-state index in [2.05, 4.69) is 48.6 Å². The van der Waals surface area contributed by atoms with Gasteiger partial charge in [0.25, 0.3) is 0 Å². The maximum atomic E-state index is 5.53. The number of fused-ring (bicyclic) bond motifs is 1. The van der Waals surface area contributed by atoms with Crippen molar-refractivity contribution in [1.82, 2.24) is 5.32 Å². The van der Waals surface area contributed by atoms with Crippen LogP contribution in [0.4, 0.5) is 0 Å². The van der Waals surface area contributed by atoms with E-state index in [0.29, 0.717) is 12.8 Å². The molecule has 1 atom stereocenters. The minimum atomic E-state index is 0.329. The smallest absolute Gasteiger partial charge is 0.231 e. The lowest BCUT2D eigenvalue weighted by molar-refractivity contribution is 0.173. The molecule has 0 radical (unpaired) electrons. The van der Waals surface area contributed by atoms with Crippen molar-refractivity contribution >= 4 is 0 Å². The Labute approximate surface area is 125 Å². The second kappa shape index (κ2) is 6.64. The van der Waals surface area contributed by atoms with Gasteiger partial charge in [-0.25, -0.2) is 0 Å². The second-order valence-corrected chi connectivity index (χ2v) is 5.46. The molecule has 2 aromatic rings. The summed E-state index contributed by atoms with van der Waals surface area (Å²) < 4.78 is 10.9. The highest BCUT2D eigenvalue weighted by Crippen LogP contribution is 2.35. The van der Waals surface area contributed by atoms with Crippen molar-refractivity contribution in [2.75, 3.05) is 6.79 Å². The van der Waals surface area contributed by atoms with Crippen LogP contribution in [0.3, 0.4) is 0 Å². The number of hydrogen-bond donors (Lipinski definition) is 1. The van der Waals surface area contributed by atoms with Crippen LogP contribution in [0.25, 0.3) is 0 Å². The summed E-state index contributed by atoms with van der Waals surface area (Å²) in [4.78, 5) is 0. The molecule has 0 aliphatic carbocycles. The minimum Gasteiger partial charge on any atom is -0.454 e. The molecule has 3 heteroatoms. The van der Waals surface area contributed by atoms with Gasteiger partial charge in [0.1, 0.15) is 0 Å². The predicted molar refractivity (Wildman–Crippen MR) is 83.6 cm³/mol. The number of ether oxygens (including phenoxy) is 2. The largest absolute Gasteiger partial charge is 0.454 e. The standard InChI is InChI=1S/C18H21NO2/c1-14(10-11-15-6-3-2-4-7-15)19-12-16-8-5-9-17-18(16)21-13-20-17/h2-9,14,19H,10-13H2,1H3. The molecule has 1 N–H and O–H groups in total. The van der Waals surface area contributed by atoms with Crippen LogP contribution in [-0.2, 0) is 13.0 Å². The first-order valence-electron chi connectivity index (χ1n) is 7.48. The maximum absolute atomic E-state index is 5.53. The fourth-order valence-electron chi connectivity index (χ4n) is 2.54. The number of benzene rings is 2. The molecule has 1 unspecified atom stereocenters. The summed E-state index contributed by atoms with van der Waals surface area (Å²) in [6.45, 7) is 3.36. The molecule has 0 spiro atoms. The molecular weight excluding hydrogens is 262 g/mol. The predicted octanol–water partition coefficient (Wildman–Crippen LogP) is 3.53. The first kappa shape index (κ1) is 14.0. The molecule has 1 heterocycles. The fourth-order valence-corrected chi connectivity index (χ4v) is 2.54. The third-order valence-corrected chi connectivity index (χ3v) is 3.83. The van der Waals surface area contributed by atoms with Gasteiger partial charge in [-0.05, 0) is 31.4 Å². The lowest BCUT2D eigenvalue weighted by atomic mass is 10.1. The Morgan fingerprint density at radius 3 is 2.76 bits per heavy atom. The van der Waals surface area contributed by atoms with Crippen molar-refractivity contribution in [3.05, 3.63) is 59.7 Å². The number of para-hydroxylation sites is 1. The van der Waals surface area contributed by atoms with E-state index in [1.165, 1.54) is 5.56 Å². The molecule has 3 rings (SSSR count). The van der Waals surface area contributed by atoms with Gasteiger partial charge in [0, 0.05) is 18.2 Å². The van der Waals surface area contributed by atoms with Crippen molar-refractivity contribution in [3.63, 3.8) is 0 Å². The summed E-state index contributed by atoms with van der Waals surface area (Å²) in [5, 5.41) is 3.56. The molecule has 3 nitrogen and oxygen atoms in total. The Bertz CT molecular complexity index is 583. The van der Waals surface area contributed by atoms with Crippen LogP contribution in [0.2, 0.25) is 0 Å². The van der Waals surface area contributed by atoms with Gasteiger partial charge in [-0.3, -0.25) is 0 Å². The van der Waals surface area contributed by atoms with E-state index in [1.54, 1.807) is 0 Å². The topological polar surface area (TPSA) is 30.5 Å². The molecule has 0 fully saturated rings. The summed E-state index contributed by atoms with van der Waals surface area (Å²) in [5.41, 5.74) is 2.56. The van der Waals surface area contributed by atoms with Crippen LogP contribution in [0, 0.1) is 0 Å². The van der Waals surface area contributed by atoms with Crippen LogP contribution in [0.1, 0.15) is 24.5 Å². The zero-order valence-electron chi connectivity index (χ0n) is 12.3. The summed E-state index contributed by atoms with van der Waals surface area (Å²) in [7, 11) is 0. The van der Waals surface area contributed by atoms with Crippen molar-refractivity contribution in [3.8, 4) is 11.5 Å². The van der Waals surface area contributed by atoms with Crippen LogP contribution in [-0.4, -0.2) is 12.8 Å². The van der Waals surface area contributed by atoms with Gasteiger partial charge in [0.15, 0.2) is 11.5 Å². The Morgan fingerprint density at radius 2 is 1.90 bits per heavy atom. The van der Waals surface area contributed by atoms with Gasteiger partial charge in [-0.1, -0.05) is 42.5 Å². The van der Waals surface area contributed by atoms with E-state index in [4.69, 9.17) is 9.47 Å². The van der Waals surface area contributed by atoms with Crippen molar-refractivity contribution in [2.24, 2.45) is 0 Å². The first-order chi connectivity index (χ1) is 10.3. The first-order valence-corrected chi connectivity index (χ1v) is 7.48. The molecule has 0 amide bonds. The molecule has 2 aromatic carbocycles. The number of aryl methyl sites for hydroxylation is 1. The van der Waals surface area contributed by atoms with Gasteiger partial charge in [-0.2, -0.15) is 0 Å². The molecule has 110 valence electrons. The molecular formula is C18H21NO2. The third-order valence-electron chi connectivity index (χ3n) is 3.83. The summed E-state index contributed by atoms with van der Waals surface area (Å²) in [6, 6.07) is 17.1. The molecule has 21 heavy (non-hydrogen) atoms. The summed E-state index contributed by atoms with van der Waals surface area (Å²) in [5.74, 6) is 1.74. The van der Waals surface area contributed by atoms with E-state index < -0.39 is 0 Å². The van der Waals surface area contributed by atoms with E-state index in [0.717, 1.165) is 36.4 Å². The highest BCUT2D eigenvalue weighted by molar-refractivity contribution is 5.48. The number of rotatable bonds is 6. The highest BCUT2D eigenvalue weighted by Gasteiger charge is 2.17. The molecule has 1 aliphatic rings. The molecule has 0 aromatic heterocycles. The third kappa shape index (κ3) is 3.56. The lowest BCUT2D eigenvalue weighted by Gasteiger charge is -2.14. The van der Waals surface area contributed by atoms with Gasteiger partial charge in [0.05, 0.1) is 0 Å². The highest BCUT2D eigenvalue weighted by atomic mass is 16.7. The normalized spacial score (nSPS) is 14.1. The zero-order valence-corrected chi connectivity index (χ0v) is 12.3. The number of nitrogens with one attached hydrogen (secondary N) is 1. The Hall–Kier alpha value is -2.00. The average Bonchev–Trinajstić information content (AvgIpc) is 3.01. The average molecular weight is 283 g/mol. The van der Waals surface area contributed by atoms with E-state index in [-0.39, 0.29) is 0 Å². The van der Waals surface area contributed by atoms with Gasteiger partial charge < -0.3 is 14.8 Å². The van der Waals surface area contributed by atoms with Crippen LogP contribution in [0.15, 0.2) is 48.5 Å². The van der Waals surface area contributed by atoms with Crippen LogP contribution < -0.4 is 14.8 Å². The molecule has 1 aliphatic heterocycles. The molecule has 0 bridgehead atoms. The summed E-state index contributed by atoms with van der Waals surface area (Å²) >= 11 is 0. The Balaban J connectivity index is 1.50. The van der Waals surface area contributed by atoms with Crippen molar-refractivity contribution in [1.29, 1.82) is 0 Å². The quantitative estimate of drug-likeness (QED) is 0.880. The maximum Gasteiger partial charge on any atom is 0.231 e. The summed E-state index contributed by atoms with van der Waals surface area (Å²) in [6.07, 6.45) is 2.22. The SMILES string of the molecule is CC(CCc1ccccc1)NCc1cccc2c1OCO2. The van der Waals surface area contributed by atoms with Crippen LogP contribution in [0.5, 0.6) is 11.5 Å². The van der Waals surface area contributed by atoms with Crippen molar-refractivity contribution in [2.45, 2.75) is 32.4 Å². The zero-order chi connectivity index (χ0) is 14.5. The Morgan fingerprint density at radius 1 is 1.05 bits per heavy atom. The van der Waals surface area contributed by atoms with Crippen molar-refractivity contribution < 1.29 is 9.47 Å². The second-order valence-electron chi connectivity index (χ2n) is 5.46. The molecule has 0 saturated heterocycles.